The smallest absolute Gasteiger partial charge is 0.305 e. The van der Waals surface area contributed by atoms with Crippen LogP contribution >= 0.6 is 46.4 Å². The number of hydrogen-bond acceptors (Lipinski definition) is 6. The molecule has 1 aliphatic rings. The summed E-state index contributed by atoms with van der Waals surface area (Å²) in [6.07, 6.45) is 4.39. The highest BCUT2D eigenvalue weighted by Gasteiger charge is 2.36. The minimum atomic E-state index is -0.302. The van der Waals surface area contributed by atoms with Crippen LogP contribution in [-0.2, 0) is 27.3 Å². The number of esters is 1. The van der Waals surface area contributed by atoms with Crippen molar-refractivity contribution in [3.05, 3.63) is 91.4 Å². The summed E-state index contributed by atoms with van der Waals surface area (Å²) < 4.78 is 16.4. The number of hydrogen-bond donors (Lipinski definition) is 1. The van der Waals surface area contributed by atoms with Gasteiger partial charge in [-0.15, -0.1) is 0 Å². The fraction of sp³-hybridized carbons (Fsp3) is 0.429. The highest BCUT2D eigenvalue weighted by Crippen LogP contribution is 2.35. The van der Waals surface area contributed by atoms with Crippen LogP contribution in [0.3, 0.4) is 0 Å². The first kappa shape index (κ1) is 36.2. The lowest BCUT2D eigenvalue weighted by Gasteiger charge is -2.28. The third-order valence-electron chi connectivity index (χ3n) is 7.74. The SMILES string of the molecule is COC(=O)CCCCNCC(Cc1ccc(OCCOc2c(Cl)cc(C)cc2Cl)cc1)C(=O)N(Cc1cccc(Cl)c1Cl)C1CC1. The van der Waals surface area contributed by atoms with E-state index in [0.29, 0.717) is 70.7 Å². The molecule has 0 aromatic heterocycles. The van der Waals surface area contributed by atoms with Gasteiger partial charge < -0.3 is 24.4 Å². The number of carbonyl (C=O) groups excluding carboxylic acids is 2. The molecule has 0 aliphatic heterocycles. The lowest BCUT2D eigenvalue weighted by Crippen LogP contribution is -2.42. The van der Waals surface area contributed by atoms with Crippen molar-refractivity contribution in [3.63, 3.8) is 0 Å². The Hall–Kier alpha value is -2.68. The fourth-order valence-electron chi connectivity index (χ4n) is 5.14. The van der Waals surface area contributed by atoms with Gasteiger partial charge in [-0.2, -0.15) is 0 Å². The molecule has 1 fully saturated rings. The number of nitrogens with zero attached hydrogens (tertiary/aromatic N) is 1. The van der Waals surface area contributed by atoms with Crippen LogP contribution in [0.4, 0.5) is 0 Å². The zero-order valence-corrected chi connectivity index (χ0v) is 29.2. The van der Waals surface area contributed by atoms with E-state index in [1.165, 1.54) is 7.11 Å². The van der Waals surface area contributed by atoms with Crippen molar-refractivity contribution >= 4 is 58.3 Å². The molecule has 0 spiro atoms. The van der Waals surface area contributed by atoms with E-state index in [9.17, 15) is 9.59 Å². The standard InChI is InChI=1S/C35H40Cl4N2O5/c1-23-18-30(37)34(31(38)19-23)46-17-16-45-28-13-9-24(10-14-28)20-26(21-40-15-4-3-8-32(42)44-2)35(43)41(27-11-12-27)22-25-6-5-7-29(36)33(25)39/h5-7,9-10,13-14,18-19,26-27,40H,3-4,8,11-12,15-17,20-22H2,1-2H3. The van der Waals surface area contributed by atoms with Crippen LogP contribution in [0.25, 0.3) is 0 Å². The topological polar surface area (TPSA) is 77.1 Å². The summed E-state index contributed by atoms with van der Waals surface area (Å²) in [6.45, 7) is 4.11. The fourth-order valence-corrected chi connectivity index (χ4v) is 6.23. The normalized spacial score (nSPS) is 13.3. The van der Waals surface area contributed by atoms with Crippen LogP contribution in [0.2, 0.25) is 20.1 Å². The van der Waals surface area contributed by atoms with Gasteiger partial charge in [-0.1, -0.05) is 70.7 Å². The predicted octanol–water partition coefficient (Wildman–Crippen LogP) is 8.35. The molecule has 1 saturated carbocycles. The van der Waals surface area contributed by atoms with Crippen molar-refractivity contribution in [1.29, 1.82) is 0 Å². The van der Waals surface area contributed by atoms with Crippen LogP contribution in [-0.4, -0.2) is 56.2 Å². The molecule has 1 atom stereocenters. The van der Waals surface area contributed by atoms with E-state index in [1.807, 2.05) is 48.2 Å². The van der Waals surface area contributed by atoms with E-state index < -0.39 is 0 Å². The maximum atomic E-state index is 14.1. The second-order valence-electron chi connectivity index (χ2n) is 11.4. The van der Waals surface area contributed by atoms with E-state index in [1.54, 1.807) is 18.2 Å². The average Bonchev–Trinajstić information content (AvgIpc) is 3.87. The molecule has 0 saturated heterocycles. The predicted molar refractivity (Wildman–Crippen MR) is 185 cm³/mol. The van der Waals surface area contributed by atoms with E-state index in [2.05, 4.69) is 5.32 Å². The van der Waals surface area contributed by atoms with Gasteiger partial charge in [-0.05, 0) is 92.6 Å². The number of nitrogens with one attached hydrogen (secondary N) is 1. The molecular formula is C35H40Cl4N2O5. The summed E-state index contributed by atoms with van der Waals surface area (Å²) in [5.74, 6) is 0.691. The van der Waals surface area contributed by atoms with E-state index in [4.69, 9.17) is 60.6 Å². The zero-order chi connectivity index (χ0) is 33.1. The number of aryl methyl sites for hydroxylation is 1. The zero-order valence-electron chi connectivity index (χ0n) is 26.1. The number of carbonyl (C=O) groups is 2. The molecule has 1 aliphatic carbocycles. The summed E-state index contributed by atoms with van der Waals surface area (Å²) in [5, 5.41) is 5.33. The molecule has 0 heterocycles. The Labute approximate surface area is 291 Å². The quantitative estimate of drug-likeness (QED) is 0.106. The highest BCUT2D eigenvalue weighted by atomic mass is 35.5. The second kappa shape index (κ2) is 18.0. The Balaban J connectivity index is 1.37. The van der Waals surface area contributed by atoms with Crippen LogP contribution in [0, 0.1) is 12.8 Å². The van der Waals surface area contributed by atoms with Crippen LogP contribution in [0.1, 0.15) is 48.8 Å². The van der Waals surface area contributed by atoms with E-state index >= 15 is 0 Å². The molecule has 11 heteroatoms. The molecule has 0 bridgehead atoms. The minimum absolute atomic E-state index is 0.0755. The van der Waals surface area contributed by atoms with Crippen LogP contribution < -0.4 is 14.8 Å². The number of halogens is 4. The Morgan fingerprint density at radius 1 is 0.935 bits per heavy atom. The van der Waals surface area contributed by atoms with Gasteiger partial charge >= 0.3 is 5.97 Å². The number of amides is 1. The first-order valence-corrected chi connectivity index (χ1v) is 17.0. The van der Waals surface area contributed by atoms with Gasteiger partial charge in [0.2, 0.25) is 5.91 Å². The van der Waals surface area contributed by atoms with Crippen molar-refractivity contribution in [2.75, 3.05) is 33.4 Å². The van der Waals surface area contributed by atoms with Crippen molar-refractivity contribution < 1.29 is 23.8 Å². The summed E-state index contributed by atoms with van der Waals surface area (Å²) in [4.78, 5) is 27.5. The van der Waals surface area contributed by atoms with Crippen molar-refractivity contribution in [2.24, 2.45) is 5.92 Å². The number of ether oxygens (including phenoxy) is 3. The first-order chi connectivity index (χ1) is 22.2. The highest BCUT2D eigenvalue weighted by molar-refractivity contribution is 6.42. The Morgan fingerprint density at radius 3 is 2.30 bits per heavy atom. The van der Waals surface area contributed by atoms with E-state index in [-0.39, 0.29) is 30.4 Å². The monoisotopic (exact) mass is 708 g/mol. The molecule has 248 valence electrons. The van der Waals surface area contributed by atoms with Gasteiger partial charge in [0.05, 0.1) is 33.1 Å². The summed E-state index contributed by atoms with van der Waals surface area (Å²) >= 11 is 25.3. The second-order valence-corrected chi connectivity index (χ2v) is 13.0. The third-order valence-corrected chi connectivity index (χ3v) is 9.16. The van der Waals surface area contributed by atoms with Gasteiger partial charge in [0.1, 0.15) is 19.0 Å². The van der Waals surface area contributed by atoms with Crippen LogP contribution in [0.15, 0.2) is 54.6 Å². The third kappa shape index (κ3) is 11.0. The Morgan fingerprint density at radius 2 is 1.63 bits per heavy atom. The molecule has 4 rings (SSSR count). The Bertz CT molecular complexity index is 1440. The molecule has 1 N–H and O–H groups in total. The average molecular weight is 711 g/mol. The van der Waals surface area contributed by atoms with Crippen LogP contribution in [0.5, 0.6) is 11.5 Å². The molecule has 0 radical (unpaired) electrons. The molecule has 3 aromatic carbocycles. The maximum Gasteiger partial charge on any atom is 0.305 e. The van der Waals surface area contributed by atoms with E-state index in [0.717, 1.165) is 42.4 Å². The molecule has 1 amide bonds. The number of unbranched alkanes of at least 4 members (excludes halogenated alkanes) is 1. The van der Waals surface area contributed by atoms with Crippen molar-refractivity contribution in [3.8, 4) is 11.5 Å². The van der Waals surface area contributed by atoms with Crippen molar-refractivity contribution in [2.45, 2.75) is 58.0 Å². The van der Waals surface area contributed by atoms with Gasteiger partial charge in [0, 0.05) is 25.6 Å². The minimum Gasteiger partial charge on any atom is -0.490 e. The van der Waals surface area contributed by atoms with Gasteiger partial charge in [-0.25, -0.2) is 0 Å². The summed E-state index contributed by atoms with van der Waals surface area (Å²) in [6, 6.07) is 17.1. The Kier molecular flexibility index (Phi) is 14.2. The maximum absolute atomic E-state index is 14.1. The summed E-state index contributed by atoms with van der Waals surface area (Å²) in [5.41, 5.74) is 2.81. The van der Waals surface area contributed by atoms with Gasteiger partial charge in [-0.3, -0.25) is 9.59 Å². The lowest BCUT2D eigenvalue weighted by molar-refractivity contribution is -0.140. The molecule has 3 aromatic rings. The number of benzene rings is 3. The first-order valence-electron chi connectivity index (χ1n) is 15.5. The van der Waals surface area contributed by atoms with Crippen molar-refractivity contribution in [1.82, 2.24) is 10.2 Å². The largest absolute Gasteiger partial charge is 0.490 e. The molecule has 46 heavy (non-hydrogen) atoms. The number of methoxy groups -OCH3 is 1. The lowest BCUT2D eigenvalue weighted by atomic mass is 9.97. The summed E-state index contributed by atoms with van der Waals surface area (Å²) in [7, 11) is 1.39. The van der Waals surface area contributed by atoms with Gasteiger partial charge in [0.15, 0.2) is 5.75 Å². The molecule has 7 nitrogen and oxygen atoms in total. The van der Waals surface area contributed by atoms with Gasteiger partial charge in [0.25, 0.3) is 0 Å². The number of rotatable bonds is 18. The molecular weight excluding hydrogens is 670 g/mol. The molecule has 1 unspecified atom stereocenters.